The fourth-order valence-corrected chi connectivity index (χ4v) is 5.21. The van der Waals surface area contributed by atoms with E-state index in [0.717, 1.165) is 32.4 Å². The number of likely N-dealkylation sites (tertiary alicyclic amines) is 1. The van der Waals surface area contributed by atoms with Crippen LogP contribution >= 0.6 is 24.8 Å². The summed E-state index contributed by atoms with van der Waals surface area (Å²) in [5, 5.41) is 33.3. The van der Waals surface area contributed by atoms with Gasteiger partial charge < -0.3 is 15.5 Å². The number of carboxylic acids is 2. The number of aromatic nitrogens is 4. The zero-order valence-corrected chi connectivity index (χ0v) is 17.6. The average molecular weight is 451 g/mol. The number of rotatable bonds is 5. The standard InChI is InChI=1S/C17H26N6O4.2ClH/c24-16(25)14-4-12-3-10(1-2-11(12)6-18-14)7-22-8-13(5-15(22)17(26)27)23-9-19-20-21-23;;/h9-15,18H,1-8H2,(H,24,25)(H,26,27);2*1H/t10-,11-,12+,13-,14-,15-;;/m0../s1. The molecule has 2 aliphatic heterocycles. The number of nitrogens with zero attached hydrogens (tertiary/aromatic N) is 5. The molecule has 164 valence electrons. The highest BCUT2D eigenvalue weighted by atomic mass is 35.5. The van der Waals surface area contributed by atoms with Gasteiger partial charge in [0.1, 0.15) is 18.4 Å². The van der Waals surface area contributed by atoms with Gasteiger partial charge in [-0.3, -0.25) is 14.5 Å². The lowest BCUT2D eigenvalue weighted by molar-refractivity contribution is -0.143. The van der Waals surface area contributed by atoms with Gasteiger partial charge in [-0.15, -0.1) is 29.9 Å². The van der Waals surface area contributed by atoms with E-state index in [1.165, 1.54) is 0 Å². The van der Waals surface area contributed by atoms with Crippen LogP contribution in [0.1, 0.15) is 38.1 Å². The predicted octanol–water partition coefficient (Wildman–Crippen LogP) is 0.696. The molecule has 12 heteroatoms. The van der Waals surface area contributed by atoms with Crippen molar-refractivity contribution in [1.29, 1.82) is 0 Å². The molecule has 1 saturated carbocycles. The third-order valence-corrected chi connectivity index (χ3v) is 6.61. The number of carboxylic acid groups (broad SMARTS) is 2. The largest absolute Gasteiger partial charge is 0.480 e. The van der Waals surface area contributed by atoms with E-state index in [1.807, 2.05) is 0 Å². The fraction of sp³-hybridized carbons (Fsp3) is 0.824. The highest BCUT2D eigenvalue weighted by molar-refractivity contribution is 5.85. The van der Waals surface area contributed by atoms with Gasteiger partial charge in [0.05, 0.1) is 6.04 Å². The Morgan fingerprint density at radius 1 is 1.07 bits per heavy atom. The van der Waals surface area contributed by atoms with Crippen molar-refractivity contribution in [2.45, 2.75) is 50.2 Å². The molecule has 0 unspecified atom stereocenters. The van der Waals surface area contributed by atoms with Gasteiger partial charge in [0.2, 0.25) is 0 Å². The summed E-state index contributed by atoms with van der Waals surface area (Å²) in [5.74, 6) is -0.211. The van der Waals surface area contributed by atoms with Gasteiger partial charge in [-0.05, 0) is 66.8 Å². The van der Waals surface area contributed by atoms with Crippen LogP contribution in [-0.2, 0) is 9.59 Å². The summed E-state index contributed by atoms with van der Waals surface area (Å²) < 4.78 is 1.65. The molecule has 0 bridgehead atoms. The van der Waals surface area contributed by atoms with E-state index < -0.39 is 24.0 Å². The summed E-state index contributed by atoms with van der Waals surface area (Å²) in [6, 6.07) is -0.989. The normalized spacial score (nSPS) is 34.5. The van der Waals surface area contributed by atoms with Gasteiger partial charge in [-0.2, -0.15) is 0 Å². The van der Waals surface area contributed by atoms with Crippen LogP contribution in [0.2, 0.25) is 0 Å². The fourth-order valence-electron chi connectivity index (χ4n) is 5.21. The quantitative estimate of drug-likeness (QED) is 0.591. The van der Waals surface area contributed by atoms with E-state index in [4.69, 9.17) is 0 Å². The SMILES string of the molecule is Cl.Cl.O=C(O)[C@@H]1C[C@H]2C[C@@H](CN3C[C@@H](n4cnnn4)C[C@H]3C(=O)O)CC[C@H]2CN1. The van der Waals surface area contributed by atoms with Crippen LogP contribution in [-0.4, -0.2) is 79.0 Å². The van der Waals surface area contributed by atoms with Crippen LogP contribution in [0, 0.1) is 17.8 Å². The van der Waals surface area contributed by atoms with Crippen LogP contribution in [0.25, 0.3) is 0 Å². The summed E-state index contributed by atoms with van der Waals surface area (Å²) in [6.45, 7) is 2.15. The number of hydrogen-bond acceptors (Lipinski definition) is 7. The molecule has 0 radical (unpaired) electrons. The number of halogens is 2. The third-order valence-electron chi connectivity index (χ3n) is 6.61. The molecule has 3 fully saturated rings. The van der Waals surface area contributed by atoms with Crippen molar-refractivity contribution in [3.05, 3.63) is 6.33 Å². The molecule has 4 rings (SSSR count). The minimum atomic E-state index is -0.799. The molecule has 6 atom stereocenters. The summed E-state index contributed by atoms with van der Waals surface area (Å²) >= 11 is 0. The van der Waals surface area contributed by atoms with Crippen LogP contribution in [0.4, 0.5) is 0 Å². The Morgan fingerprint density at radius 2 is 1.86 bits per heavy atom. The maximum absolute atomic E-state index is 11.7. The summed E-state index contributed by atoms with van der Waals surface area (Å²) in [7, 11) is 0. The van der Waals surface area contributed by atoms with Crippen molar-refractivity contribution in [3.63, 3.8) is 0 Å². The predicted molar refractivity (Wildman–Crippen MR) is 107 cm³/mol. The molecule has 0 aromatic carbocycles. The smallest absolute Gasteiger partial charge is 0.321 e. The molecule has 1 aliphatic carbocycles. The molecule has 3 N–H and O–H groups in total. The second-order valence-electron chi connectivity index (χ2n) is 8.22. The van der Waals surface area contributed by atoms with Gasteiger partial charge >= 0.3 is 11.9 Å². The second-order valence-corrected chi connectivity index (χ2v) is 8.22. The zero-order chi connectivity index (χ0) is 19.0. The van der Waals surface area contributed by atoms with Crippen LogP contribution < -0.4 is 5.32 Å². The van der Waals surface area contributed by atoms with Crippen LogP contribution in [0.3, 0.4) is 0 Å². The van der Waals surface area contributed by atoms with E-state index in [0.29, 0.717) is 37.1 Å². The summed E-state index contributed by atoms with van der Waals surface area (Å²) in [5.41, 5.74) is 0. The number of aliphatic carboxylic acids is 2. The first-order valence-electron chi connectivity index (χ1n) is 9.66. The molecule has 29 heavy (non-hydrogen) atoms. The molecule has 0 spiro atoms. The average Bonchev–Trinajstić information content (AvgIpc) is 3.30. The van der Waals surface area contributed by atoms with Crippen molar-refractivity contribution in [2.24, 2.45) is 17.8 Å². The van der Waals surface area contributed by atoms with Crippen molar-refractivity contribution in [2.75, 3.05) is 19.6 Å². The van der Waals surface area contributed by atoms with Gasteiger partial charge in [0, 0.05) is 13.1 Å². The summed E-state index contributed by atoms with van der Waals surface area (Å²) in [6.07, 6.45) is 5.85. The first kappa shape index (κ1) is 23.8. The third kappa shape index (κ3) is 5.17. The number of hydrogen-bond donors (Lipinski definition) is 3. The lowest BCUT2D eigenvalue weighted by Gasteiger charge is -2.42. The Morgan fingerprint density at radius 3 is 2.52 bits per heavy atom. The Balaban J connectivity index is 0.00000150. The number of tetrazole rings is 1. The van der Waals surface area contributed by atoms with Gasteiger partial charge in [-0.1, -0.05) is 0 Å². The van der Waals surface area contributed by atoms with Crippen molar-refractivity contribution >= 4 is 36.8 Å². The molecule has 2 saturated heterocycles. The number of carbonyl (C=O) groups is 2. The Kier molecular flexibility index (Phi) is 8.21. The van der Waals surface area contributed by atoms with E-state index in [2.05, 4.69) is 25.7 Å². The first-order valence-corrected chi connectivity index (χ1v) is 9.66. The molecule has 10 nitrogen and oxygen atoms in total. The Bertz CT molecular complexity index is 693. The maximum atomic E-state index is 11.7. The van der Waals surface area contributed by atoms with Crippen molar-refractivity contribution in [3.8, 4) is 0 Å². The summed E-state index contributed by atoms with van der Waals surface area (Å²) in [4.78, 5) is 25.1. The monoisotopic (exact) mass is 450 g/mol. The number of piperidine rings is 1. The van der Waals surface area contributed by atoms with Crippen LogP contribution in [0.15, 0.2) is 6.33 Å². The molecule has 3 aliphatic rings. The topological polar surface area (TPSA) is 133 Å². The van der Waals surface area contributed by atoms with Crippen molar-refractivity contribution < 1.29 is 19.8 Å². The number of nitrogens with one attached hydrogen (secondary N) is 1. The molecular formula is C17H28Cl2N6O4. The van der Waals surface area contributed by atoms with E-state index >= 15 is 0 Å². The Hall–Kier alpha value is -1.49. The van der Waals surface area contributed by atoms with Gasteiger partial charge in [0.15, 0.2) is 0 Å². The minimum absolute atomic E-state index is 0. The minimum Gasteiger partial charge on any atom is -0.480 e. The molecule has 1 aromatic rings. The van der Waals surface area contributed by atoms with E-state index in [-0.39, 0.29) is 30.9 Å². The lowest BCUT2D eigenvalue weighted by Crippen LogP contribution is -2.50. The second kappa shape index (κ2) is 10.0. The molecule has 0 amide bonds. The Labute approximate surface area is 181 Å². The maximum Gasteiger partial charge on any atom is 0.321 e. The highest BCUT2D eigenvalue weighted by Gasteiger charge is 2.42. The number of fused-ring (bicyclic) bond motifs is 1. The molecule has 3 heterocycles. The highest BCUT2D eigenvalue weighted by Crippen LogP contribution is 2.40. The van der Waals surface area contributed by atoms with E-state index in [1.54, 1.807) is 11.0 Å². The van der Waals surface area contributed by atoms with Crippen molar-refractivity contribution in [1.82, 2.24) is 30.4 Å². The lowest BCUT2D eigenvalue weighted by atomic mass is 9.69. The molecule has 1 aromatic heterocycles. The zero-order valence-electron chi connectivity index (χ0n) is 16.0. The van der Waals surface area contributed by atoms with Gasteiger partial charge in [-0.25, -0.2) is 4.68 Å². The van der Waals surface area contributed by atoms with E-state index in [9.17, 15) is 19.8 Å². The first-order chi connectivity index (χ1) is 13.0. The van der Waals surface area contributed by atoms with Crippen LogP contribution in [0.5, 0.6) is 0 Å². The molecular weight excluding hydrogens is 423 g/mol. The van der Waals surface area contributed by atoms with Gasteiger partial charge in [0.25, 0.3) is 0 Å².